The second-order valence-corrected chi connectivity index (χ2v) is 5.29. The molecule has 2 unspecified atom stereocenters. The number of alkyl carbamates (subject to hydrolysis) is 1. The Bertz CT molecular complexity index is 508. The minimum atomic E-state index is -1.01. The van der Waals surface area contributed by atoms with Crippen molar-refractivity contribution in [1.82, 2.24) is 10.2 Å². The molecular formula is C15H20N2O5. The molecule has 2 amide bonds. The van der Waals surface area contributed by atoms with Crippen molar-refractivity contribution in [3.05, 3.63) is 35.9 Å². The van der Waals surface area contributed by atoms with Crippen LogP contribution in [0.3, 0.4) is 0 Å². The van der Waals surface area contributed by atoms with Gasteiger partial charge in [0.1, 0.15) is 6.61 Å². The molecule has 7 heteroatoms. The first kappa shape index (κ1) is 16.1. The lowest BCUT2D eigenvalue weighted by Gasteiger charge is -2.34. The molecule has 1 aromatic carbocycles. The van der Waals surface area contributed by atoms with Crippen LogP contribution in [0.1, 0.15) is 12.0 Å². The van der Waals surface area contributed by atoms with Gasteiger partial charge < -0.3 is 25.2 Å². The third kappa shape index (κ3) is 4.63. The van der Waals surface area contributed by atoms with Gasteiger partial charge in [0, 0.05) is 25.6 Å². The van der Waals surface area contributed by atoms with E-state index >= 15 is 0 Å². The number of benzene rings is 1. The third-order valence-corrected chi connectivity index (χ3v) is 3.69. The molecule has 0 radical (unpaired) electrons. The largest absolute Gasteiger partial charge is 0.465 e. The van der Waals surface area contributed by atoms with Crippen molar-refractivity contribution in [3.8, 4) is 0 Å². The Morgan fingerprint density at radius 2 is 2.05 bits per heavy atom. The normalized spacial score (nSPS) is 21.2. The summed E-state index contributed by atoms with van der Waals surface area (Å²) in [6.45, 7) is 0.862. The Morgan fingerprint density at radius 3 is 2.73 bits per heavy atom. The fourth-order valence-corrected chi connectivity index (χ4v) is 2.38. The van der Waals surface area contributed by atoms with Gasteiger partial charge in [0.2, 0.25) is 0 Å². The van der Waals surface area contributed by atoms with E-state index in [1.54, 1.807) is 0 Å². The summed E-state index contributed by atoms with van der Waals surface area (Å²) in [4.78, 5) is 23.8. The van der Waals surface area contributed by atoms with E-state index in [-0.39, 0.29) is 25.6 Å². The zero-order valence-electron chi connectivity index (χ0n) is 12.1. The standard InChI is InChI=1S/C15H20N2O5/c18-13-6-7-17(15(20)21)9-12(13)8-16-14(19)22-10-11-4-2-1-3-5-11/h1-5,12-13,18H,6-10H2,(H,16,19)(H,20,21). The lowest BCUT2D eigenvalue weighted by Crippen LogP contribution is -2.49. The maximum absolute atomic E-state index is 11.6. The predicted octanol–water partition coefficient (Wildman–Crippen LogP) is 1.27. The molecular weight excluding hydrogens is 288 g/mol. The number of rotatable bonds is 4. The second-order valence-electron chi connectivity index (χ2n) is 5.29. The zero-order valence-corrected chi connectivity index (χ0v) is 12.1. The smallest absolute Gasteiger partial charge is 0.407 e. The number of ether oxygens (including phenoxy) is 1. The topological polar surface area (TPSA) is 99.1 Å². The number of aliphatic hydroxyl groups excluding tert-OH is 1. The monoisotopic (exact) mass is 308 g/mol. The van der Waals surface area contributed by atoms with E-state index in [0.29, 0.717) is 13.0 Å². The predicted molar refractivity (Wildman–Crippen MR) is 78.3 cm³/mol. The van der Waals surface area contributed by atoms with E-state index in [0.717, 1.165) is 5.56 Å². The maximum atomic E-state index is 11.6. The van der Waals surface area contributed by atoms with Crippen LogP contribution in [0.5, 0.6) is 0 Å². The minimum absolute atomic E-state index is 0.168. The first-order valence-electron chi connectivity index (χ1n) is 7.16. The Labute approximate surface area is 128 Å². The SMILES string of the molecule is O=C(NCC1CN(C(=O)O)CCC1O)OCc1ccccc1. The van der Waals surface area contributed by atoms with Crippen LogP contribution < -0.4 is 5.32 Å². The lowest BCUT2D eigenvalue weighted by atomic mass is 9.95. The van der Waals surface area contributed by atoms with E-state index < -0.39 is 18.3 Å². The van der Waals surface area contributed by atoms with E-state index in [2.05, 4.69) is 5.32 Å². The lowest BCUT2D eigenvalue weighted by molar-refractivity contribution is 0.0293. The Kier molecular flexibility index (Phi) is 5.60. The number of amides is 2. The van der Waals surface area contributed by atoms with Crippen LogP contribution >= 0.6 is 0 Å². The van der Waals surface area contributed by atoms with E-state index in [9.17, 15) is 14.7 Å². The summed E-state index contributed by atoms with van der Waals surface area (Å²) in [6, 6.07) is 9.29. The molecule has 1 saturated heterocycles. The van der Waals surface area contributed by atoms with Gasteiger partial charge in [-0.1, -0.05) is 30.3 Å². The van der Waals surface area contributed by atoms with Crippen molar-refractivity contribution in [1.29, 1.82) is 0 Å². The van der Waals surface area contributed by atoms with Crippen molar-refractivity contribution in [3.63, 3.8) is 0 Å². The van der Waals surface area contributed by atoms with Gasteiger partial charge >= 0.3 is 12.2 Å². The molecule has 2 atom stereocenters. The average molecular weight is 308 g/mol. The van der Waals surface area contributed by atoms with Crippen LogP contribution in [0.4, 0.5) is 9.59 Å². The van der Waals surface area contributed by atoms with Gasteiger partial charge in [-0.2, -0.15) is 0 Å². The summed E-state index contributed by atoms with van der Waals surface area (Å²) in [5.41, 5.74) is 0.882. The van der Waals surface area contributed by atoms with Gasteiger partial charge in [0.25, 0.3) is 0 Å². The van der Waals surface area contributed by atoms with Crippen molar-refractivity contribution in [2.75, 3.05) is 19.6 Å². The van der Waals surface area contributed by atoms with Gasteiger partial charge in [0.05, 0.1) is 6.10 Å². The summed E-state index contributed by atoms with van der Waals surface area (Å²) < 4.78 is 5.07. The van der Waals surface area contributed by atoms with E-state index in [1.807, 2.05) is 30.3 Å². The minimum Gasteiger partial charge on any atom is -0.465 e. The summed E-state index contributed by atoms with van der Waals surface area (Å²) in [7, 11) is 0. The zero-order chi connectivity index (χ0) is 15.9. The number of piperidine rings is 1. The molecule has 22 heavy (non-hydrogen) atoms. The van der Waals surface area contributed by atoms with Gasteiger partial charge in [-0.15, -0.1) is 0 Å². The summed E-state index contributed by atoms with van der Waals surface area (Å²) in [5, 5.41) is 21.4. The van der Waals surface area contributed by atoms with Gasteiger partial charge in [-0.05, 0) is 12.0 Å². The molecule has 120 valence electrons. The molecule has 1 aliphatic heterocycles. The number of nitrogens with one attached hydrogen (secondary N) is 1. The molecule has 0 spiro atoms. The molecule has 0 aromatic heterocycles. The van der Waals surface area contributed by atoms with Crippen molar-refractivity contribution >= 4 is 12.2 Å². The fraction of sp³-hybridized carbons (Fsp3) is 0.467. The number of hydrogen-bond donors (Lipinski definition) is 3. The second kappa shape index (κ2) is 7.65. The molecule has 3 N–H and O–H groups in total. The molecule has 2 rings (SSSR count). The molecule has 0 aliphatic carbocycles. The Hall–Kier alpha value is -2.28. The Morgan fingerprint density at radius 1 is 1.32 bits per heavy atom. The number of carbonyl (C=O) groups is 2. The highest BCUT2D eigenvalue weighted by molar-refractivity contribution is 5.67. The van der Waals surface area contributed by atoms with Crippen molar-refractivity contribution in [2.24, 2.45) is 5.92 Å². The van der Waals surface area contributed by atoms with Gasteiger partial charge in [-0.25, -0.2) is 9.59 Å². The number of carboxylic acid groups (broad SMARTS) is 1. The fourth-order valence-electron chi connectivity index (χ4n) is 2.38. The molecule has 0 saturated carbocycles. The van der Waals surface area contributed by atoms with Crippen LogP contribution in [0.25, 0.3) is 0 Å². The molecule has 0 bridgehead atoms. The number of carbonyl (C=O) groups excluding carboxylic acids is 1. The highest BCUT2D eigenvalue weighted by atomic mass is 16.5. The maximum Gasteiger partial charge on any atom is 0.407 e. The molecule has 7 nitrogen and oxygen atoms in total. The van der Waals surface area contributed by atoms with Crippen molar-refractivity contribution in [2.45, 2.75) is 19.1 Å². The third-order valence-electron chi connectivity index (χ3n) is 3.69. The van der Waals surface area contributed by atoms with Crippen LogP contribution in [0.2, 0.25) is 0 Å². The highest BCUT2D eigenvalue weighted by Crippen LogP contribution is 2.16. The quantitative estimate of drug-likeness (QED) is 0.778. The number of aliphatic hydroxyl groups is 1. The highest BCUT2D eigenvalue weighted by Gasteiger charge is 2.30. The summed E-state index contributed by atoms with van der Waals surface area (Å²) in [6.07, 6.45) is -1.84. The van der Waals surface area contributed by atoms with E-state index in [1.165, 1.54) is 4.90 Å². The van der Waals surface area contributed by atoms with Crippen LogP contribution in [-0.4, -0.2) is 53.0 Å². The molecule has 1 fully saturated rings. The number of likely N-dealkylation sites (tertiary alicyclic amines) is 1. The first-order chi connectivity index (χ1) is 10.6. The van der Waals surface area contributed by atoms with Crippen molar-refractivity contribution < 1.29 is 24.5 Å². The summed E-state index contributed by atoms with van der Waals surface area (Å²) in [5.74, 6) is -0.325. The van der Waals surface area contributed by atoms with Crippen LogP contribution in [0.15, 0.2) is 30.3 Å². The van der Waals surface area contributed by atoms with Crippen LogP contribution in [0, 0.1) is 5.92 Å². The number of nitrogens with zero attached hydrogens (tertiary/aromatic N) is 1. The van der Waals surface area contributed by atoms with Crippen LogP contribution in [-0.2, 0) is 11.3 Å². The molecule has 1 aliphatic rings. The number of hydrogen-bond acceptors (Lipinski definition) is 4. The van der Waals surface area contributed by atoms with Gasteiger partial charge in [-0.3, -0.25) is 0 Å². The summed E-state index contributed by atoms with van der Waals surface area (Å²) >= 11 is 0. The molecule has 1 heterocycles. The Balaban J connectivity index is 1.74. The van der Waals surface area contributed by atoms with E-state index in [4.69, 9.17) is 9.84 Å². The average Bonchev–Trinajstić information content (AvgIpc) is 2.53. The first-order valence-corrected chi connectivity index (χ1v) is 7.16. The molecule has 1 aromatic rings. The van der Waals surface area contributed by atoms with Gasteiger partial charge in [0.15, 0.2) is 0 Å².